The normalized spacial score (nSPS) is 11.1. The maximum absolute atomic E-state index is 13.4. The van der Waals surface area contributed by atoms with Crippen LogP contribution in [0.4, 0.5) is 4.39 Å². The van der Waals surface area contributed by atoms with Crippen LogP contribution in [-0.4, -0.2) is 34.8 Å². The van der Waals surface area contributed by atoms with Gasteiger partial charge in [0.05, 0.1) is 6.54 Å². The summed E-state index contributed by atoms with van der Waals surface area (Å²) in [5.74, 6) is 0.132. The molecule has 0 saturated heterocycles. The summed E-state index contributed by atoms with van der Waals surface area (Å²) in [6.07, 6.45) is 0. The zero-order valence-electron chi connectivity index (χ0n) is 19.0. The lowest BCUT2D eigenvalue weighted by Crippen LogP contribution is -2.28. The average molecular weight is 481 g/mol. The summed E-state index contributed by atoms with van der Waals surface area (Å²) in [6, 6.07) is 16.0. The highest BCUT2D eigenvalue weighted by Gasteiger charge is 2.14. The van der Waals surface area contributed by atoms with Gasteiger partial charge in [0, 0.05) is 23.5 Å². The number of aromatic nitrogens is 2. The predicted octanol–water partition coefficient (Wildman–Crippen LogP) is 4.57. The number of nitrogens with zero attached hydrogens (tertiary/aromatic N) is 3. The molecule has 1 amide bonds. The van der Waals surface area contributed by atoms with Gasteiger partial charge in [0.25, 0.3) is 5.91 Å². The molecule has 4 aromatic rings. The summed E-state index contributed by atoms with van der Waals surface area (Å²) in [7, 11) is 1.95. The average Bonchev–Trinajstić information content (AvgIpc) is 3.49. The lowest BCUT2D eigenvalue weighted by Gasteiger charge is -2.19. The van der Waals surface area contributed by atoms with Gasteiger partial charge >= 0.3 is 0 Å². The van der Waals surface area contributed by atoms with E-state index >= 15 is 0 Å². The van der Waals surface area contributed by atoms with Crippen molar-refractivity contribution in [3.05, 3.63) is 87.6 Å². The highest BCUT2D eigenvalue weighted by atomic mass is 32.1. The van der Waals surface area contributed by atoms with E-state index in [1.54, 1.807) is 23.5 Å². The van der Waals surface area contributed by atoms with E-state index in [-0.39, 0.29) is 18.3 Å². The Bertz CT molecular complexity index is 1230. The third kappa shape index (κ3) is 6.27. The Labute approximate surface area is 201 Å². The highest BCUT2D eigenvalue weighted by Crippen LogP contribution is 2.28. The number of hydrogen-bond acceptors (Lipinski definition) is 7. The van der Waals surface area contributed by atoms with Crippen molar-refractivity contribution in [1.29, 1.82) is 0 Å². The van der Waals surface area contributed by atoms with E-state index < -0.39 is 0 Å². The van der Waals surface area contributed by atoms with E-state index in [2.05, 4.69) is 20.5 Å². The van der Waals surface area contributed by atoms with Crippen molar-refractivity contribution in [3.63, 3.8) is 0 Å². The zero-order valence-corrected chi connectivity index (χ0v) is 19.8. The van der Waals surface area contributed by atoms with Crippen LogP contribution in [0.1, 0.15) is 21.8 Å². The van der Waals surface area contributed by atoms with Crippen molar-refractivity contribution in [1.82, 2.24) is 20.5 Å². The third-order valence-electron chi connectivity index (χ3n) is 5.24. The molecule has 0 aliphatic heterocycles. The maximum atomic E-state index is 13.4. The number of rotatable bonds is 10. The van der Waals surface area contributed by atoms with Crippen LogP contribution in [0.3, 0.4) is 0 Å². The fourth-order valence-corrected chi connectivity index (χ4v) is 4.10. The molecule has 0 saturated carbocycles. The molecule has 0 atom stereocenters. The van der Waals surface area contributed by atoms with E-state index in [1.165, 1.54) is 12.1 Å². The molecule has 0 bridgehead atoms. The predicted molar refractivity (Wildman–Crippen MR) is 128 cm³/mol. The van der Waals surface area contributed by atoms with Gasteiger partial charge in [-0.2, -0.15) is 0 Å². The molecule has 0 aliphatic carbocycles. The van der Waals surface area contributed by atoms with Gasteiger partial charge in [-0.25, -0.2) is 9.02 Å². The van der Waals surface area contributed by atoms with Crippen LogP contribution in [0.5, 0.6) is 5.75 Å². The summed E-state index contributed by atoms with van der Waals surface area (Å²) < 4.78 is 24.1. The van der Waals surface area contributed by atoms with Gasteiger partial charge in [0.1, 0.15) is 23.0 Å². The summed E-state index contributed by atoms with van der Waals surface area (Å²) in [4.78, 5) is 15.4. The number of carbonyl (C=O) groups excluding carboxylic acids is 1. The number of ether oxygens (including phenoxy) is 1. The quantitative estimate of drug-likeness (QED) is 0.358. The molecule has 0 fully saturated rings. The molecule has 176 valence electrons. The second-order valence-electron chi connectivity index (χ2n) is 7.94. The highest BCUT2D eigenvalue weighted by molar-refractivity contribution is 7.09. The topological polar surface area (TPSA) is 80.5 Å². The Balaban J connectivity index is 1.48. The van der Waals surface area contributed by atoms with Crippen molar-refractivity contribution in [2.45, 2.75) is 26.6 Å². The first-order valence-corrected chi connectivity index (χ1v) is 11.6. The van der Waals surface area contributed by atoms with Crippen molar-refractivity contribution in [3.8, 4) is 16.9 Å². The van der Waals surface area contributed by atoms with Gasteiger partial charge in [0.2, 0.25) is 0 Å². The first-order valence-electron chi connectivity index (χ1n) is 10.8. The number of amides is 1. The molecule has 2 heterocycles. The summed E-state index contributed by atoms with van der Waals surface area (Å²) >= 11 is 1.59. The van der Waals surface area contributed by atoms with Crippen molar-refractivity contribution in [2.75, 3.05) is 13.7 Å². The number of hydrogen-bond donors (Lipinski definition) is 1. The maximum Gasteiger partial charge on any atom is 0.258 e. The lowest BCUT2D eigenvalue weighted by atomic mass is 10.0. The van der Waals surface area contributed by atoms with Crippen LogP contribution in [0.15, 0.2) is 64.6 Å². The monoisotopic (exact) mass is 480 g/mol. The van der Waals surface area contributed by atoms with Gasteiger partial charge in [0.15, 0.2) is 6.61 Å². The number of nitrogens with one attached hydrogen (secondary N) is 1. The minimum absolute atomic E-state index is 0.0930. The number of benzene rings is 2. The van der Waals surface area contributed by atoms with E-state index in [1.807, 2.05) is 49.7 Å². The summed E-state index contributed by atoms with van der Waals surface area (Å²) in [5, 5.41) is 12.6. The third-order valence-corrected chi connectivity index (χ3v) is 6.12. The smallest absolute Gasteiger partial charge is 0.258 e. The largest absolute Gasteiger partial charge is 0.483 e. The van der Waals surface area contributed by atoms with Crippen LogP contribution < -0.4 is 10.1 Å². The Kier molecular flexibility index (Phi) is 7.66. The van der Waals surface area contributed by atoms with Gasteiger partial charge in [-0.15, -0.1) is 11.3 Å². The summed E-state index contributed by atoms with van der Waals surface area (Å²) in [5.41, 5.74) is 4.21. The van der Waals surface area contributed by atoms with E-state index in [0.29, 0.717) is 25.4 Å². The molecule has 4 rings (SSSR count). The number of thiophene rings is 1. The molecule has 2 aromatic carbocycles. The van der Waals surface area contributed by atoms with Gasteiger partial charge in [-0.3, -0.25) is 9.69 Å². The molecule has 0 radical (unpaired) electrons. The Morgan fingerprint density at radius 2 is 1.91 bits per heavy atom. The fraction of sp³-hybridized carbons (Fsp3) is 0.240. The van der Waals surface area contributed by atoms with Crippen LogP contribution in [0.25, 0.3) is 11.1 Å². The lowest BCUT2D eigenvalue weighted by molar-refractivity contribution is -0.123. The second-order valence-corrected chi connectivity index (χ2v) is 8.98. The number of halogens is 1. The van der Waals surface area contributed by atoms with Crippen molar-refractivity contribution < 1.29 is 18.6 Å². The Morgan fingerprint density at radius 3 is 2.62 bits per heavy atom. The molecule has 0 aliphatic rings. The minimum atomic E-state index is -0.284. The molecular weight excluding hydrogens is 455 g/mol. The van der Waals surface area contributed by atoms with Gasteiger partial charge < -0.3 is 10.1 Å². The van der Waals surface area contributed by atoms with Crippen LogP contribution in [0.2, 0.25) is 0 Å². The van der Waals surface area contributed by atoms with Crippen LogP contribution in [-0.2, 0) is 24.4 Å². The first-order chi connectivity index (χ1) is 16.5. The molecule has 1 N–H and O–H groups in total. The van der Waals surface area contributed by atoms with Crippen LogP contribution in [0, 0.1) is 12.7 Å². The Morgan fingerprint density at radius 1 is 1.12 bits per heavy atom. The standard InChI is InChI=1S/C25H25FN4O3S/c1-17-23(29-33-28-17)15-30(2)14-20-12-19(18-5-8-21(26)9-6-18)7-10-24(20)32-16-25(31)27-13-22-4-3-11-34-22/h3-12H,13-16H2,1-2H3,(H,27,31). The molecule has 9 heteroatoms. The second kappa shape index (κ2) is 11.0. The van der Waals surface area contributed by atoms with Gasteiger partial charge in [-0.1, -0.05) is 34.6 Å². The van der Waals surface area contributed by atoms with E-state index in [9.17, 15) is 9.18 Å². The number of aryl methyl sites for hydroxylation is 1. The molecule has 34 heavy (non-hydrogen) atoms. The van der Waals surface area contributed by atoms with E-state index in [4.69, 9.17) is 9.37 Å². The first kappa shape index (κ1) is 23.6. The molecular formula is C25H25FN4O3S. The molecule has 0 unspecified atom stereocenters. The zero-order chi connectivity index (χ0) is 23.9. The van der Waals surface area contributed by atoms with Crippen LogP contribution >= 0.6 is 11.3 Å². The van der Waals surface area contributed by atoms with Gasteiger partial charge in [-0.05, 0) is 60.8 Å². The number of carbonyl (C=O) groups is 1. The summed E-state index contributed by atoms with van der Waals surface area (Å²) in [6.45, 7) is 3.30. The molecule has 0 spiro atoms. The Hall–Kier alpha value is -3.56. The minimum Gasteiger partial charge on any atom is -0.483 e. The molecule has 7 nitrogen and oxygen atoms in total. The van der Waals surface area contributed by atoms with E-state index in [0.717, 1.165) is 33.0 Å². The van der Waals surface area contributed by atoms with Crippen molar-refractivity contribution in [2.24, 2.45) is 0 Å². The fourth-order valence-electron chi connectivity index (χ4n) is 3.45. The van der Waals surface area contributed by atoms with Crippen molar-refractivity contribution >= 4 is 17.2 Å². The molecule has 2 aromatic heterocycles. The SMILES string of the molecule is Cc1nonc1CN(C)Cc1cc(-c2ccc(F)cc2)ccc1OCC(=O)NCc1cccs1.